The molecule has 3 aromatic rings. The molecule has 2 atom stereocenters. The molecule has 0 amide bonds. The zero-order valence-corrected chi connectivity index (χ0v) is 15.3. The first-order chi connectivity index (χ1) is 12.4. The average Bonchev–Trinajstić information content (AvgIpc) is 2.60. The predicted molar refractivity (Wildman–Crippen MR) is 101 cm³/mol. The third-order valence-corrected chi connectivity index (χ3v) is 5.60. The molecule has 0 unspecified atom stereocenters. The van der Waals surface area contributed by atoms with E-state index in [1.165, 1.54) is 0 Å². The number of fused-ring (bicyclic) bond motifs is 3. The number of hydrogen-bond donors (Lipinski definition) is 0. The van der Waals surface area contributed by atoms with Gasteiger partial charge in [-0.2, -0.15) is 8.42 Å². The van der Waals surface area contributed by atoms with Crippen LogP contribution in [0, 0.1) is 0 Å². The molecule has 0 spiro atoms. The fourth-order valence-electron chi connectivity index (χ4n) is 3.84. The van der Waals surface area contributed by atoms with Gasteiger partial charge < -0.3 is 4.42 Å². The van der Waals surface area contributed by atoms with Crippen LogP contribution in [-0.2, 0) is 14.3 Å². The topological polar surface area (TPSA) is 73.6 Å². The highest BCUT2D eigenvalue weighted by molar-refractivity contribution is 7.86. The van der Waals surface area contributed by atoms with E-state index in [2.05, 4.69) is 0 Å². The number of benzene rings is 2. The minimum atomic E-state index is -3.49. The first-order valence-corrected chi connectivity index (χ1v) is 10.6. The molecule has 4 rings (SSSR count). The van der Waals surface area contributed by atoms with Gasteiger partial charge in [0.1, 0.15) is 11.3 Å². The molecule has 1 fully saturated rings. The van der Waals surface area contributed by atoms with E-state index in [9.17, 15) is 13.2 Å². The second-order valence-electron chi connectivity index (χ2n) is 6.96. The highest BCUT2D eigenvalue weighted by atomic mass is 32.2. The lowest BCUT2D eigenvalue weighted by atomic mass is 9.85. The lowest BCUT2D eigenvalue weighted by Gasteiger charge is -2.27. The molecule has 1 aliphatic carbocycles. The molecular weight excluding hydrogens is 352 g/mol. The molecule has 0 aliphatic heterocycles. The first kappa shape index (κ1) is 17.2. The Labute approximate surface area is 151 Å². The highest BCUT2D eigenvalue weighted by Gasteiger charge is 2.28. The summed E-state index contributed by atoms with van der Waals surface area (Å²) in [4.78, 5) is 12.6. The largest absolute Gasteiger partial charge is 0.460 e. The maximum absolute atomic E-state index is 12.6. The molecule has 0 N–H and O–H groups in total. The Balaban J connectivity index is 1.77. The zero-order chi connectivity index (χ0) is 18.3. The number of hydrogen-bond acceptors (Lipinski definition) is 5. The molecule has 0 saturated heterocycles. The molecule has 1 saturated carbocycles. The molecule has 5 nitrogen and oxygen atoms in total. The van der Waals surface area contributed by atoms with Gasteiger partial charge in [-0.05, 0) is 30.7 Å². The van der Waals surface area contributed by atoms with Crippen LogP contribution in [0.4, 0.5) is 0 Å². The lowest BCUT2D eigenvalue weighted by Crippen LogP contribution is -2.24. The third kappa shape index (κ3) is 3.39. The van der Waals surface area contributed by atoms with Gasteiger partial charge in [0.25, 0.3) is 10.1 Å². The fourth-order valence-corrected chi connectivity index (χ4v) is 4.51. The second-order valence-corrected chi connectivity index (χ2v) is 8.56. The summed E-state index contributed by atoms with van der Waals surface area (Å²) in [6.07, 6.45) is 3.62. The fraction of sp³-hybridized carbons (Fsp3) is 0.350. The molecule has 26 heavy (non-hydrogen) atoms. The second kappa shape index (κ2) is 6.52. The Morgan fingerprint density at radius 2 is 1.88 bits per heavy atom. The van der Waals surface area contributed by atoms with Crippen molar-refractivity contribution >= 4 is 31.9 Å². The Morgan fingerprint density at radius 1 is 1.08 bits per heavy atom. The van der Waals surface area contributed by atoms with Gasteiger partial charge in [0, 0.05) is 17.4 Å². The Kier molecular flexibility index (Phi) is 4.32. The standard InChI is InChI=1S/C20H20O5S/c1-26(22,23)25-15-7-4-6-14(11-15)19-12-18(21)17-10-9-13-5-2-3-8-16(13)20(17)24-19/h2-3,5,8-10,12,14-15H,4,6-7,11H2,1H3/t14-,15-/m1/s1. The van der Waals surface area contributed by atoms with Gasteiger partial charge in [-0.25, -0.2) is 0 Å². The maximum atomic E-state index is 12.6. The van der Waals surface area contributed by atoms with E-state index in [1.807, 2.05) is 30.3 Å². The smallest absolute Gasteiger partial charge is 0.264 e. The van der Waals surface area contributed by atoms with Crippen LogP contribution in [0.25, 0.3) is 21.7 Å². The van der Waals surface area contributed by atoms with E-state index in [0.29, 0.717) is 29.6 Å². The summed E-state index contributed by atoms with van der Waals surface area (Å²) in [5.74, 6) is 0.590. The summed E-state index contributed by atoms with van der Waals surface area (Å²) >= 11 is 0. The minimum absolute atomic E-state index is 0.0217. The van der Waals surface area contributed by atoms with Gasteiger partial charge in [-0.15, -0.1) is 0 Å². The molecular formula is C20H20O5S. The van der Waals surface area contributed by atoms with Crippen LogP contribution < -0.4 is 5.43 Å². The van der Waals surface area contributed by atoms with Gasteiger partial charge in [-0.3, -0.25) is 8.98 Å². The van der Waals surface area contributed by atoms with Gasteiger partial charge in [0.05, 0.1) is 17.7 Å². The van der Waals surface area contributed by atoms with Gasteiger partial charge in [0.15, 0.2) is 5.43 Å². The molecule has 1 aliphatic rings. The zero-order valence-electron chi connectivity index (χ0n) is 14.5. The van der Waals surface area contributed by atoms with Gasteiger partial charge in [0.2, 0.25) is 0 Å². The van der Waals surface area contributed by atoms with E-state index in [-0.39, 0.29) is 17.5 Å². The normalized spacial score (nSPS) is 21.3. The monoisotopic (exact) mass is 372 g/mol. The lowest BCUT2D eigenvalue weighted by molar-refractivity contribution is 0.146. The van der Waals surface area contributed by atoms with Crippen molar-refractivity contribution in [1.29, 1.82) is 0 Å². The summed E-state index contributed by atoms with van der Waals surface area (Å²) in [6, 6.07) is 13.1. The molecule has 1 aromatic heterocycles. The van der Waals surface area contributed by atoms with E-state index >= 15 is 0 Å². The summed E-state index contributed by atoms with van der Waals surface area (Å²) < 4.78 is 34.2. The molecule has 1 heterocycles. The van der Waals surface area contributed by atoms with Crippen molar-refractivity contribution in [3.05, 3.63) is 58.4 Å². The van der Waals surface area contributed by atoms with Crippen molar-refractivity contribution in [3.8, 4) is 0 Å². The summed E-state index contributed by atoms with van der Waals surface area (Å²) in [6.45, 7) is 0. The van der Waals surface area contributed by atoms with Crippen molar-refractivity contribution in [2.24, 2.45) is 0 Å². The first-order valence-electron chi connectivity index (χ1n) is 8.74. The maximum Gasteiger partial charge on any atom is 0.264 e. The third-order valence-electron chi connectivity index (χ3n) is 4.98. The highest BCUT2D eigenvalue weighted by Crippen LogP contribution is 2.36. The van der Waals surface area contributed by atoms with Gasteiger partial charge >= 0.3 is 0 Å². The van der Waals surface area contributed by atoms with Crippen molar-refractivity contribution in [1.82, 2.24) is 0 Å². The van der Waals surface area contributed by atoms with Crippen LogP contribution >= 0.6 is 0 Å². The molecule has 0 bridgehead atoms. The van der Waals surface area contributed by atoms with Crippen molar-refractivity contribution in [2.45, 2.75) is 37.7 Å². The minimum Gasteiger partial charge on any atom is -0.460 e. The summed E-state index contributed by atoms with van der Waals surface area (Å²) in [5.41, 5.74) is 0.523. The SMILES string of the molecule is CS(=O)(=O)O[C@@H]1CCC[C@@H](c2cc(=O)c3ccc4ccccc4c3o2)C1. The van der Waals surface area contributed by atoms with Crippen LogP contribution in [0.5, 0.6) is 0 Å². The summed E-state index contributed by atoms with van der Waals surface area (Å²) in [5, 5.41) is 2.48. The molecule has 6 heteroatoms. The van der Waals surface area contributed by atoms with Crippen LogP contribution in [0.15, 0.2) is 51.7 Å². The number of rotatable bonds is 3. The molecule has 0 radical (unpaired) electrons. The van der Waals surface area contributed by atoms with E-state index in [1.54, 1.807) is 12.1 Å². The van der Waals surface area contributed by atoms with E-state index in [0.717, 1.165) is 29.9 Å². The van der Waals surface area contributed by atoms with Crippen LogP contribution in [-0.4, -0.2) is 20.8 Å². The van der Waals surface area contributed by atoms with Crippen molar-refractivity contribution in [2.75, 3.05) is 6.26 Å². The molecule has 2 aromatic carbocycles. The van der Waals surface area contributed by atoms with Crippen molar-refractivity contribution < 1.29 is 17.0 Å². The Hall–Kier alpha value is -2.18. The molecule has 136 valence electrons. The summed E-state index contributed by atoms with van der Waals surface area (Å²) in [7, 11) is -3.49. The van der Waals surface area contributed by atoms with Crippen LogP contribution in [0.3, 0.4) is 0 Å². The van der Waals surface area contributed by atoms with Gasteiger partial charge in [-0.1, -0.05) is 36.8 Å². The Bertz CT molecular complexity index is 1130. The van der Waals surface area contributed by atoms with Crippen molar-refractivity contribution in [3.63, 3.8) is 0 Å². The quantitative estimate of drug-likeness (QED) is 0.514. The Morgan fingerprint density at radius 3 is 2.69 bits per heavy atom. The average molecular weight is 372 g/mol. The van der Waals surface area contributed by atoms with Crippen LogP contribution in [0.1, 0.15) is 37.4 Å². The van der Waals surface area contributed by atoms with Crippen LogP contribution in [0.2, 0.25) is 0 Å². The predicted octanol–water partition coefficient (Wildman–Crippen LogP) is 3.95. The van der Waals surface area contributed by atoms with E-state index in [4.69, 9.17) is 8.60 Å². The van der Waals surface area contributed by atoms with E-state index < -0.39 is 10.1 Å².